The number of nitrogens with one attached hydrogen (secondary N) is 1. The van der Waals surface area contributed by atoms with E-state index in [1.54, 1.807) is 12.1 Å². The fourth-order valence-electron chi connectivity index (χ4n) is 1.98. The van der Waals surface area contributed by atoms with Gasteiger partial charge in [-0.05, 0) is 36.3 Å². The van der Waals surface area contributed by atoms with E-state index in [1.807, 2.05) is 17.8 Å². The molecule has 0 aliphatic carbocycles. The lowest BCUT2D eigenvalue weighted by molar-refractivity contribution is 0.386. The Balaban J connectivity index is 1.87. The van der Waals surface area contributed by atoms with Gasteiger partial charge in [0.25, 0.3) is 0 Å². The Morgan fingerprint density at radius 1 is 1.53 bits per heavy atom. The van der Waals surface area contributed by atoms with Crippen LogP contribution in [0, 0.1) is 5.82 Å². The molecule has 0 bridgehead atoms. The SMILES string of the molecule is COc1ccc(CNC2CCCSC2)cc1F. The minimum absolute atomic E-state index is 0.287. The molecular formula is C13H18FNOS. The van der Waals surface area contributed by atoms with E-state index >= 15 is 0 Å². The Hall–Kier alpha value is -0.740. The fourth-order valence-corrected chi connectivity index (χ4v) is 3.09. The normalized spacial score (nSPS) is 20.2. The molecule has 1 atom stereocenters. The van der Waals surface area contributed by atoms with Crippen LogP contribution in [0.25, 0.3) is 0 Å². The van der Waals surface area contributed by atoms with Gasteiger partial charge in [-0.2, -0.15) is 11.8 Å². The van der Waals surface area contributed by atoms with Crippen LogP contribution in [0.2, 0.25) is 0 Å². The van der Waals surface area contributed by atoms with Crippen LogP contribution >= 0.6 is 11.8 Å². The molecule has 4 heteroatoms. The quantitative estimate of drug-likeness (QED) is 0.894. The minimum Gasteiger partial charge on any atom is -0.494 e. The zero-order chi connectivity index (χ0) is 12.1. The van der Waals surface area contributed by atoms with Crippen molar-refractivity contribution >= 4 is 11.8 Å². The molecule has 2 nitrogen and oxygen atoms in total. The average molecular weight is 255 g/mol. The van der Waals surface area contributed by atoms with E-state index in [4.69, 9.17) is 4.74 Å². The number of hydrogen-bond acceptors (Lipinski definition) is 3. The van der Waals surface area contributed by atoms with Crippen molar-refractivity contribution in [3.63, 3.8) is 0 Å². The van der Waals surface area contributed by atoms with Gasteiger partial charge < -0.3 is 10.1 Å². The molecule has 1 saturated heterocycles. The van der Waals surface area contributed by atoms with E-state index in [9.17, 15) is 4.39 Å². The summed E-state index contributed by atoms with van der Waals surface area (Å²) in [5.74, 6) is 2.46. The number of thioether (sulfide) groups is 1. The summed E-state index contributed by atoms with van der Waals surface area (Å²) in [4.78, 5) is 0. The van der Waals surface area contributed by atoms with Crippen LogP contribution in [-0.4, -0.2) is 24.7 Å². The zero-order valence-electron chi connectivity index (χ0n) is 10.0. The molecule has 1 aliphatic rings. The molecule has 1 heterocycles. The lowest BCUT2D eigenvalue weighted by Gasteiger charge is -2.22. The van der Waals surface area contributed by atoms with Gasteiger partial charge in [-0.1, -0.05) is 6.07 Å². The molecule has 0 radical (unpaired) electrons. The lowest BCUT2D eigenvalue weighted by Crippen LogP contribution is -2.33. The summed E-state index contributed by atoms with van der Waals surface area (Å²) < 4.78 is 18.4. The van der Waals surface area contributed by atoms with Crippen molar-refractivity contribution in [3.8, 4) is 5.75 Å². The Labute approximate surface area is 106 Å². The minimum atomic E-state index is -0.287. The summed E-state index contributed by atoms with van der Waals surface area (Å²) in [5.41, 5.74) is 0.971. The van der Waals surface area contributed by atoms with Crippen LogP contribution in [0.15, 0.2) is 18.2 Å². The molecule has 0 spiro atoms. The molecule has 1 aliphatic heterocycles. The molecule has 1 unspecified atom stereocenters. The molecule has 0 aromatic heterocycles. The number of ether oxygens (including phenoxy) is 1. The first-order chi connectivity index (χ1) is 8.29. The smallest absolute Gasteiger partial charge is 0.165 e. The number of methoxy groups -OCH3 is 1. The number of rotatable bonds is 4. The predicted molar refractivity (Wildman–Crippen MR) is 70.1 cm³/mol. The van der Waals surface area contributed by atoms with E-state index < -0.39 is 0 Å². The van der Waals surface area contributed by atoms with E-state index in [0.717, 1.165) is 12.1 Å². The largest absolute Gasteiger partial charge is 0.494 e. The summed E-state index contributed by atoms with van der Waals surface area (Å²) >= 11 is 1.99. The third-order valence-electron chi connectivity index (χ3n) is 2.97. The molecule has 94 valence electrons. The van der Waals surface area contributed by atoms with Crippen LogP contribution in [0.3, 0.4) is 0 Å². The second-order valence-electron chi connectivity index (χ2n) is 4.26. The van der Waals surface area contributed by atoms with Crippen LogP contribution in [-0.2, 0) is 6.54 Å². The van der Waals surface area contributed by atoms with Gasteiger partial charge in [0, 0.05) is 18.3 Å². The lowest BCUT2D eigenvalue weighted by atomic mass is 10.1. The third-order valence-corrected chi connectivity index (χ3v) is 4.19. The van der Waals surface area contributed by atoms with Crippen LogP contribution in [0.1, 0.15) is 18.4 Å². The van der Waals surface area contributed by atoms with Gasteiger partial charge in [0.2, 0.25) is 0 Å². The maximum Gasteiger partial charge on any atom is 0.165 e. The highest BCUT2D eigenvalue weighted by Crippen LogP contribution is 2.19. The highest BCUT2D eigenvalue weighted by molar-refractivity contribution is 7.99. The van der Waals surface area contributed by atoms with Gasteiger partial charge in [-0.3, -0.25) is 0 Å². The van der Waals surface area contributed by atoms with Crippen LogP contribution < -0.4 is 10.1 Å². The summed E-state index contributed by atoms with van der Waals surface area (Å²) in [6.45, 7) is 0.728. The van der Waals surface area contributed by atoms with Gasteiger partial charge in [-0.25, -0.2) is 4.39 Å². The Kier molecular flexibility index (Phi) is 4.68. The van der Waals surface area contributed by atoms with Crippen molar-refractivity contribution < 1.29 is 9.13 Å². The maximum atomic E-state index is 13.5. The summed E-state index contributed by atoms with van der Waals surface area (Å²) in [7, 11) is 1.48. The van der Waals surface area contributed by atoms with Crippen molar-refractivity contribution in [2.24, 2.45) is 0 Å². The number of halogens is 1. The third kappa shape index (κ3) is 3.61. The second kappa shape index (κ2) is 6.26. The van der Waals surface area contributed by atoms with Gasteiger partial charge in [-0.15, -0.1) is 0 Å². The highest BCUT2D eigenvalue weighted by atomic mass is 32.2. The fraction of sp³-hybridized carbons (Fsp3) is 0.538. The molecule has 1 N–H and O–H groups in total. The van der Waals surface area contributed by atoms with E-state index in [2.05, 4.69) is 5.32 Å². The van der Waals surface area contributed by atoms with Gasteiger partial charge in [0.15, 0.2) is 11.6 Å². The van der Waals surface area contributed by atoms with Crippen molar-refractivity contribution in [3.05, 3.63) is 29.6 Å². The molecule has 2 rings (SSSR count). The zero-order valence-corrected chi connectivity index (χ0v) is 10.9. The van der Waals surface area contributed by atoms with E-state index in [1.165, 1.54) is 31.5 Å². The number of benzene rings is 1. The van der Waals surface area contributed by atoms with E-state index in [-0.39, 0.29) is 5.82 Å². The van der Waals surface area contributed by atoms with Crippen LogP contribution in [0.4, 0.5) is 4.39 Å². The summed E-state index contributed by atoms with van der Waals surface area (Å²) in [6, 6.07) is 5.70. The average Bonchev–Trinajstić information content (AvgIpc) is 2.38. The first-order valence-electron chi connectivity index (χ1n) is 5.93. The predicted octanol–water partition coefficient (Wildman–Crippen LogP) is 2.82. The molecule has 1 aromatic rings. The summed E-state index contributed by atoms with van der Waals surface area (Å²) in [6.07, 6.45) is 2.50. The Bertz CT molecular complexity index is 366. The molecular weight excluding hydrogens is 237 g/mol. The first-order valence-corrected chi connectivity index (χ1v) is 7.08. The van der Waals surface area contributed by atoms with Crippen molar-refractivity contribution in [2.75, 3.05) is 18.6 Å². The van der Waals surface area contributed by atoms with E-state index in [0.29, 0.717) is 11.8 Å². The second-order valence-corrected chi connectivity index (χ2v) is 5.41. The molecule has 1 aromatic carbocycles. The Morgan fingerprint density at radius 3 is 3.06 bits per heavy atom. The maximum absolute atomic E-state index is 13.5. The van der Waals surface area contributed by atoms with Gasteiger partial charge in [0.05, 0.1) is 7.11 Å². The van der Waals surface area contributed by atoms with Crippen molar-refractivity contribution in [2.45, 2.75) is 25.4 Å². The van der Waals surface area contributed by atoms with Crippen molar-refractivity contribution in [1.82, 2.24) is 5.32 Å². The van der Waals surface area contributed by atoms with Gasteiger partial charge in [0.1, 0.15) is 0 Å². The van der Waals surface area contributed by atoms with Crippen molar-refractivity contribution in [1.29, 1.82) is 0 Å². The summed E-state index contributed by atoms with van der Waals surface area (Å²) in [5, 5.41) is 3.47. The standard InChI is InChI=1S/C13H18FNOS/c1-16-13-5-4-10(7-12(13)14)8-15-11-3-2-6-17-9-11/h4-5,7,11,15H,2-3,6,8-9H2,1H3. The topological polar surface area (TPSA) is 21.3 Å². The molecule has 0 saturated carbocycles. The molecule has 1 fully saturated rings. The molecule has 0 amide bonds. The highest BCUT2D eigenvalue weighted by Gasteiger charge is 2.13. The molecule has 17 heavy (non-hydrogen) atoms. The van der Waals surface area contributed by atoms with Crippen LogP contribution in [0.5, 0.6) is 5.75 Å². The Morgan fingerprint density at radius 2 is 2.41 bits per heavy atom. The van der Waals surface area contributed by atoms with Gasteiger partial charge >= 0.3 is 0 Å². The number of hydrogen-bond donors (Lipinski definition) is 1. The first kappa shape index (κ1) is 12.7. The monoisotopic (exact) mass is 255 g/mol.